The molecule has 0 aliphatic carbocycles. The van der Waals surface area contributed by atoms with Gasteiger partial charge >= 0.3 is 0 Å². The lowest BCUT2D eigenvalue weighted by molar-refractivity contribution is -0.119. The van der Waals surface area contributed by atoms with Crippen molar-refractivity contribution in [1.82, 2.24) is 9.78 Å². The number of carbonyl (C=O) groups is 1. The van der Waals surface area contributed by atoms with E-state index in [2.05, 4.69) is 10.4 Å². The van der Waals surface area contributed by atoms with Crippen LogP contribution in [0.3, 0.4) is 0 Å². The number of aromatic nitrogens is 2. The van der Waals surface area contributed by atoms with Crippen LogP contribution in [0, 0.1) is 19.3 Å². The van der Waals surface area contributed by atoms with Crippen LogP contribution in [0.4, 0.5) is 5.69 Å². The van der Waals surface area contributed by atoms with Gasteiger partial charge in [0.2, 0.25) is 5.91 Å². The standard InChI is InChI=1S/C17H24N4O/c1-11-9-12(2)21(20-11)14-8-6-7-13(10-14)19-16(22)15(18)17(3,4)5/h6-10,15H,18H2,1-5H3,(H,19,22)/t15-/m1/s1. The minimum absolute atomic E-state index is 0.182. The highest BCUT2D eigenvalue weighted by molar-refractivity contribution is 5.95. The van der Waals surface area contributed by atoms with Gasteiger partial charge in [0.05, 0.1) is 17.4 Å². The molecule has 0 bridgehead atoms. The zero-order valence-corrected chi connectivity index (χ0v) is 13.8. The van der Waals surface area contributed by atoms with Crippen LogP contribution in [0.2, 0.25) is 0 Å². The summed E-state index contributed by atoms with van der Waals surface area (Å²) in [5, 5.41) is 7.33. The zero-order chi connectivity index (χ0) is 16.5. The predicted octanol–water partition coefficient (Wildman–Crippen LogP) is 2.80. The maximum absolute atomic E-state index is 12.2. The van der Waals surface area contributed by atoms with E-state index in [0.717, 1.165) is 22.8 Å². The number of anilines is 1. The van der Waals surface area contributed by atoms with Gasteiger partial charge in [-0.25, -0.2) is 4.68 Å². The maximum Gasteiger partial charge on any atom is 0.241 e. The van der Waals surface area contributed by atoms with E-state index in [1.807, 2.05) is 69.6 Å². The van der Waals surface area contributed by atoms with Crippen LogP contribution >= 0.6 is 0 Å². The molecule has 1 amide bonds. The Bertz CT molecular complexity index is 682. The Balaban J connectivity index is 2.23. The summed E-state index contributed by atoms with van der Waals surface area (Å²) in [5.74, 6) is -0.182. The van der Waals surface area contributed by atoms with Gasteiger partial charge < -0.3 is 11.1 Å². The Morgan fingerprint density at radius 1 is 1.27 bits per heavy atom. The van der Waals surface area contributed by atoms with Crippen LogP contribution in [0.15, 0.2) is 30.3 Å². The molecule has 2 rings (SSSR count). The predicted molar refractivity (Wildman–Crippen MR) is 89.1 cm³/mol. The molecule has 0 unspecified atom stereocenters. The second-order valence-electron chi connectivity index (χ2n) is 6.72. The van der Waals surface area contributed by atoms with Crippen molar-refractivity contribution in [2.45, 2.75) is 40.7 Å². The Morgan fingerprint density at radius 2 is 1.95 bits per heavy atom. The summed E-state index contributed by atoms with van der Waals surface area (Å²) >= 11 is 0. The van der Waals surface area contributed by atoms with Crippen LogP contribution < -0.4 is 11.1 Å². The minimum atomic E-state index is -0.565. The molecule has 0 saturated heterocycles. The molecule has 1 aromatic carbocycles. The molecule has 5 nitrogen and oxygen atoms in total. The van der Waals surface area contributed by atoms with Crippen molar-refractivity contribution in [3.05, 3.63) is 41.7 Å². The SMILES string of the molecule is Cc1cc(C)n(-c2cccc(NC(=O)[C@@H](N)C(C)(C)C)c2)n1. The molecule has 0 saturated carbocycles. The average Bonchev–Trinajstić information content (AvgIpc) is 2.76. The third kappa shape index (κ3) is 3.54. The molecule has 0 aliphatic rings. The van der Waals surface area contributed by atoms with E-state index in [4.69, 9.17) is 5.73 Å². The summed E-state index contributed by atoms with van der Waals surface area (Å²) < 4.78 is 1.86. The lowest BCUT2D eigenvalue weighted by Crippen LogP contribution is -2.45. The van der Waals surface area contributed by atoms with Crippen molar-refractivity contribution in [1.29, 1.82) is 0 Å². The molecule has 0 spiro atoms. The molecule has 1 aromatic heterocycles. The summed E-state index contributed by atoms with van der Waals surface area (Å²) in [5.41, 5.74) is 9.34. The van der Waals surface area contributed by atoms with Crippen LogP contribution in [0.25, 0.3) is 5.69 Å². The molecule has 3 N–H and O–H groups in total. The summed E-state index contributed by atoms with van der Waals surface area (Å²) in [4.78, 5) is 12.2. The monoisotopic (exact) mass is 300 g/mol. The Labute approximate surface area is 131 Å². The first kappa shape index (κ1) is 16.2. The lowest BCUT2D eigenvalue weighted by Gasteiger charge is -2.25. The number of hydrogen-bond donors (Lipinski definition) is 2. The number of rotatable bonds is 3. The number of nitrogens with zero attached hydrogens (tertiary/aromatic N) is 2. The van der Waals surface area contributed by atoms with E-state index in [1.165, 1.54) is 0 Å². The molecular formula is C17H24N4O. The van der Waals surface area contributed by atoms with E-state index in [1.54, 1.807) is 0 Å². The van der Waals surface area contributed by atoms with Crippen molar-refractivity contribution >= 4 is 11.6 Å². The Morgan fingerprint density at radius 3 is 2.50 bits per heavy atom. The zero-order valence-electron chi connectivity index (χ0n) is 13.8. The molecule has 118 valence electrons. The fourth-order valence-electron chi connectivity index (χ4n) is 2.22. The van der Waals surface area contributed by atoms with Crippen molar-refractivity contribution < 1.29 is 4.79 Å². The Kier molecular flexibility index (Phi) is 4.37. The number of carbonyl (C=O) groups excluding carboxylic acids is 1. The fraction of sp³-hybridized carbons (Fsp3) is 0.412. The molecule has 2 aromatic rings. The van der Waals surface area contributed by atoms with Crippen molar-refractivity contribution in [3.8, 4) is 5.69 Å². The first-order chi connectivity index (χ1) is 10.2. The lowest BCUT2D eigenvalue weighted by atomic mass is 9.87. The highest BCUT2D eigenvalue weighted by Gasteiger charge is 2.27. The number of nitrogens with two attached hydrogens (primary N) is 1. The molecule has 0 radical (unpaired) electrons. The second kappa shape index (κ2) is 5.93. The summed E-state index contributed by atoms with van der Waals surface area (Å²) in [7, 11) is 0. The van der Waals surface area contributed by atoms with Crippen LogP contribution in [0.1, 0.15) is 32.2 Å². The van der Waals surface area contributed by atoms with Gasteiger partial charge in [0.25, 0.3) is 0 Å². The first-order valence-corrected chi connectivity index (χ1v) is 7.38. The van der Waals surface area contributed by atoms with E-state index in [0.29, 0.717) is 0 Å². The second-order valence-corrected chi connectivity index (χ2v) is 6.72. The largest absolute Gasteiger partial charge is 0.325 e. The first-order valence-electron chi connectivity index (χ1n) is 7.38. The van der Waals surface area contributed by atoms with Crippen LogP contribution in [0.5, 0.6) is 0 Å². The van der Waals surface area contributed by atoms with Crippen molar-refractivity contribution in [2.75, 3.05) is 5.32 Å². The third-order valence-electron chi connectivity index (χ3n) is 3.58. The minimum Gasteiger partial charge on any atom is -0.325 e. The normalized spacial score (nSPS) is 13.0. The maximum atomic E-state index is 12.2. The van der Waals surface area contributed by atoms with E-state index < -0.39 is 6.04 Å². The smallest absolute Gasteiger partial charge is 0.241 e. The highest BCUT2D eigenvalue weighted by atomic mass is 16.2. The van der Waals surface area contributed by atoms with E-state index in [9.17, 15) is 4.79 Å². The molecule has 0 fully saturated rings. The number of aryl methyl sites for hydroxylation is 2. The number of hydrogen-bond acceptors (Lipinski definition) is 3. The van der Waals surface area contributed by atoms with Gasteiger partial charge in [-0.05, 0) is 43.5 Å². The fourth-order valence-corrected chi connectivity index (χ4v) is 2.22. The van der Waals surface area contributed by atoms with Gasteiger partial charge in [-0.1, -0.05) is 26.8 Å². The molecule has 0 aliphatic heterocycles. The quantitative estimate of drug-likeness (QED) is 0.915. The Hall–Kier alpha value is -2.14. The number of nitrogens with one attached hydrogen (secondary N) is 1. The van der Waals surface area contributed by atoms with Gasteiger partial charge in [0.15, 0.2) is 0 Å². The molecule has 22 heavy (non-hydrogen) atoms. The van der Waals surface area contributed by atoms with Gasteiger partial charge in [-0.2, -0.15) is 5.10 Å². The summed E-state index contributed by atoms with van der Waals surface area (Å²) in [6, 6.07) is 9.04. The molecule has 5 heteroatoms. The van der Waals surface area contributed by atoms with Gasteiger partial charge in [0, 0.05) is 11.4 Å². The average molecular weight is 300 g/mol. The van der Waals surface area contributed by atoms with E-state index in [-0.39, 0.29) is 11.3 Å². The van der Waals surface area contributed by atoms with Gasteiger partial charge in [0.1, 0.15) is 0 Å². The van der Waals surface area contributed by atoms with E-state index >= 15 is 0 Å². The van der Waals surface area contributed by atoms with Gasteiger partial charge in [-0.3, -0.25) is 4.79 Å². The molecule has 1 atom stereocenters. The van der Waals surface area contributed by atoms with Crippen molar-refractivity contribution in [3.63, 3.8) is 0 Å². The highest BCUT2D eigenvalue weighted by Crippen LogP contribution is 2.20. The topological polar surface area (TPSA) is 72.9 Å². The van der Waals surface area contributed by atoms with Crippen molar-refractivity contribution in [2.24, 2.45) is 11.1 Å². The molecule has 1 heterocycles. The summed E-state index contributed by atoms with van der Waals surface area (Å²) in [6.45, 7) is 9.80. The van der Waals surface area contributed by atoms with Crippen LogP contribution in [-0.2, 0) is 4.79 Å². The van der Waals surface area contributed by atoms with Gasteiger partial charge in [-0.15, -0.1) is 0 Å². The van der Waals surface area contributed by atoms with Crippen LogP contribution in [-0.4, -0.2) is 21.7 Å². The molecular weight excluding hydrogens is 276 g/mol. The summed E-state index contributed by atoms with van der Waals surface area (Å²) in [6.07, 6.45) is 0. The number of amides is 1. The third-order valence-corrected chi connectivity index (χ3v) is 3.58. The number of benzene rings is 1.